The van der Waals surface area contributed by atoms with E-state index >= 15 is 0 Å². The van der Waals surface area contributed by atoms with Crippen LogP contribution in [0.4, 0.5) is 0 Å². The molecule has 0 nitrogen and oxygen atoms in total. The van der Waals surface area contributed by atoms with Crippen LogP contribution in [-0.4, -0.2) is 0 Å². The zero-order valence-corrected chi connectivity index (χ0v) is 8.26. The summed E-state index contributed by atoms with van der Waals surface area (Å²) in [7, 11) is 0. The molecule has 1 atom stereocenters. The molecule has 4 fully saturated rings. The highest BCUT2D eigenvalue weighted by Gasteiger charge is 2.65. The van der Waals surface area contributed by atoms with Gasteiger partial charge in [0.1, 0.15) is 0 Å². The molecule has 0 saturated heterocycles. The molecule has 0 N–H and O–H groups in total. The second-order valence-electron chi connectivity index (χ2n) is 5.78. The van der Waals surface area contributed by atoms with Gasteiger partial charge in [-0.3, -0.25) is 0 Å². The molecule has 0 heteroatoms. The lowest BCUT2D eigenvalue weighted by Gasteiger charge is -2.35. The minimum absolute atomic E-state index is 0.456. The Labute approximate surface area is 83.9 Å². The van der Waals surface area contributed by atoms with Crippen molar-refractivity contribution in [1.29, 1.82) is 0 Å². The van der Waals surface area contributed by atoms with E-state index in [1.54, 1.807) is 0 Å². The third kappa shape index (κ3) is 0.926. The molecule has 4 saturated carbocycles. The summed E-state index contributed by atoms with van der Waals surface area (Å²) in [5.74, 6) is 3.25. The summed E-state index contributed by atoms with van der Waals surface area (Å²) in [6.07, 6.45) is 8.60. The molecule has 4 rings (SSSR count). The first-order valence-corrected chi connectivity index (χ1v) is 6.15. The van der Waals surface area contributed by atoms with E-state index < -0.39 is 6.37 Å². The molecule has 0 aliphatic heterocycles. The minimum Gasteiger partial charge on any atom is -0.0496 e. The summed E-state index contributed by atoms with van der Waals surface area (Å²) in [6, 6.07) is 0. The lowest BCUT2D eigenvalue weighted by molar-refractivity contribution is 0.117. The molecule has 0 bridgehead atoms. The van der Waals surface area contributed by atoms with Crippen molar-refractivity contribution in [3.63, 3.8) is 0 Å². The standard InChI is InChI=1S/C13H20/c1-2-9(1)13(10-3-4-10,11-5-6-11)12-7-8-12/h9-12H,1-8H2/i1D2. The Kier molecular flexibility index (Phi) is 0.955. The molecule has 0 heterocycles. The second kappa shape index (κ2) is 2.15. The largest absolute Gasteiger partial charge is 0.0496 e. The van der Waals surface area contributed by atoms with E-state index in [1.165, 1.54) is 38.5 Å². The lowest BCUT2D eigenvalue weighted by atomic mass is 9.69. The third-order valence-corrected chi connectivity index (χ3v) is 4.87. The van der Waals surface area contributed by atoms with E-state index in [0.29, 0.717) is 11.3 Å². The fraction of sp³-hybridized carbons (Fsp3) is 1.00. The summed E-state index contributed by atoms with van der Waals surface area (Å²) < 4.78 is 16.0. The van der Waals surface area contributed by atoms with Gasteiger partial charge in [-0.05, 0) is 80.4 Å². The van der Waals surface area contributed by atoms with Gasteiger partial charge in [0.15, 0.2) is 0 Å². The average molecular weight is 178 g/mol. The van der Waals surface area contributed by atoms with Gasteiger partial charge in [0.25, 0.3) is 0 Å². The average Bonchev–Trinajstić information content (AvgIpc) is 3.01. The molecule has 0 aromatic heterocycles. The normalized spacial score (nSPS) is 45.4. The molecule has 13 heavy (non-hydrogen) atoms. The zero-order chi connectivity index (χ0) is 10.3. The van der Waals surface area contributed by atoms with Crippen LogP contribution in [0.1, 0.15) is 54.1 Å². The lowest BCUT2D eigenvalue weighted by Crippen LogP contribution is -2.31. The maximum Gasteiger partial charge on any atom is 0.0270 e. The van der Waals surface area contributed by atoms with Crippen LogP contribution < -0.4 is 0 Å². The maximum absolute atomic E-state index is 7.99. The van der Waals surface area contributed by atoms with Crippen LogP contribution in [0.2, 0.25) is 0 Å². The predicted molar refractivity (Wildman–Crippen MR) is 53.3 cm³/mol. The Hall–Kier alpha value is 0. The van der Waals surface area contributed by atoms with Gasteiger partial charge in [-0.1, -0.05) is 0 Å². The van der Waals surface area contributed by atoms with Crippen LogP contribution in [0.3, 0.4) is 0 Å². The fourth-order valence-corrected chi connectivity index (χ4v) is 4.02. The Balaban J connectivity index is 1.70. The third-order valence-electron chi connectivity index (χ3n) is 4.87. The van der Waals surface area contributed by atoms with Crippen molar-refractivity contribution >= 4 is 0 Å². The smallest absolute Gasteiger partial charge is 0.0270 e. The fourth-order valence-electron chi connectivity index (χ4n) is 4.02. The number of hydrogen-bond acceptors (Lipinski definition) is 0. The SMILES string of the molecule is [2H]C1([2H])CC1C(C1CC1)(C1CC1)C1CC1. The quantitative estimate of drug-likeness (QED) is 0.617. The first-order valence-electron chi connectivity index (χ1n) is 7.15. The summed E-state index contributed by atoms with van der Waals surface area (Å²) in [4.78, 5) is 0. The van der Waals surface area contributed by atoms with Gasteiger partial charge in [-0.15, -0.1) is 0 Å². The van der Waals surface area contributed by atoms with Crippen LogP contribution in [0.5, 0.6) is 0 Å². The monoisotopic (exact) mass is 178 g/mol. The van der Waals surface area contributed by atoms with Gasteiger partial charge in [-0.2, -0.15) is 0 Å². The van der Waals surface area contributed by atoms with Crippen molar-refractivity contribution in [2.45, 2.75) is 51.3 Å². The van der Waals surface area contributed by atoms with Gasteiger partial charge in [-0.25, -0.2) is 0 Å². The molecule has 0 radical (unpaired) electrons. The minimum atomic E-state index is -0.784. The molecule has 0 aromatic carbocycles. The topological polar surface area (TPSA) is 0 Å². The van der Waals surface area contributed by atoms with E-state index in [2.05, 4.69) is 0 Å². The van der Waals surface area contributed by atoms with Gasteiger partial charge >= 0.3 is 0 Å². The van der Waals surface area contributed by atoms with Gasteiger partial charge in [0.05, 0.1) is 0 Å². The molecular weight excluding hydrogens is 156 g/mol. The van der Waals surface area contributed by atoms with Crippen LogP contribution in [0, 0.1) is 29.1 Å². The van der Waals surface area contributed by atoms with E-state index in [0.717, 1.165) is 24.2 Å². The van der Waals surface area contributed by atoms with Crippen LogP contribution in [0.15, 0.2) is 0 Å². The molecule has 0 aromatic rings. The van der Waals surface area contributed by atoms with Gasteiger partial charge in [0.2, 0.25) is 0 Å². The van der Waals surface area contributed by atoms with Crippen molar-refractivity contribution in [2.75, 3.05) is 0 Å². The van der Waals surface area contributed by atoms with Crippen LogP contribution in [0.25, 0.3) is 0 Å². The zero-order valence-electron chi connectivity index (χ0n) is 10.3. The second-order valence-corrected chi connectivity index (χ2v) is 5.78. The van der Waals surface area contributed by atoms with E-state index in [9.17, 15) is 0 Å². The molecule has 72 valence electrons. The predicted octanol–water partition coefficient (Wildman–Crippen LogP) is 3.61. The molecule has 0 spiro atoms. The molecule has 4 aliphatic carbocycles. The highest BCUT2D eigenvalue weighted by Crippen LogP contribution is 2.74. The van der Waals surface area contributed by atoms with Gasteiger partial charge < -0.3 is 0 Å². The first kappa shape index (κ1) is 5.78. The maximum atomic E-state index is 7.99. The van der Waals surface area contributed by atoms with Crippen LogP contribution in [-0.2, 0) is 0 Å². The molecule has 0 amide bonds. The summed E-state index contributed by atoms with van der Waals surface area (Å²) in [5, 5.41) is 0. The molecule has 1 unspecified atom stereocenters. The number of hydrogen-bond donors (Lipinski definition) is 0. The summed E-state index contributed by atoms with van der Waals surface area (Å²) >= 11 is 0. The Bertz CT molecular complexity index is 266. The van der Waals surface area contributed by atoms with Crippen molar-refractivity contribution < 1.29 is 2.74 Å². The Morgan fingerprint density at radius 2 is 1.08 bits per heavy atom. The molecular formula is C13H20. The van der Waals surface area contributed by atoms with Crippen LogP contribution >= 0.6 is 0 Å². The Morgan fingerprint density at radius 3 is 1.31 bits per heavy atom. The van der Waals surface area contributed by atoms with E-state index in [-0.39, 0.29) is 0 Å². The van der Waals surface area contributed by atoms with Gasteiger partial charge in [0, 0.05) is 2.74 Å². The summed E-state index contributed by atoms with van der Waals surface area (Å²) in [6.45, 7) is 0. The first-order chi connectivity index (χ1) is 7.15. The van der Waals surface area contributed by atoms with E-state index in [1.807, 2.05) is 0 Å². The van der Waals surface area contributed by atoms with Crippen molar-refractivity contribution in [2.24, 2.45) is 29.1 Å². The Morgan fingerprint density at radius 1 is 0.692 bits per heavy atom. The molecule has 4 aliphatic rings. The van der Waals surface area contributed by atoms with Crippen molar-refractivity contribution in [1.82, 2.24) is 0 Å². The van der Waals surface area contributed by atoms with Crippen molar-refractivity contribution in [3.05, 3.63) is 0 Å². The van der Waals surface area contributed by atoms with Crippen molar-refractivity contribution in [3.8, 4) is 0 Å². The summed E-state index contributed by atoms with van der Waals surface area (Å²) in [5.41, 5.74) is 0.503. The number of rotatable bonds is 4. The highest BCUT2D eigenvalue weighted by atomic mass is 14.7. The highest BCUT2D eigenvalue weighted by molar-refractivity contribution is 5.14. The van der Waals surface area contributed by atoms with E-state index in [4.69, 9.17) is 2.74 Å².